The van der Waals surface area contributed by atoms with E-state index < -0.39 is 29.7 Å². The summed E-state index contributed by atoms with van der Waals surface area (Å²) in [7, 11) is 1.42. The van der Waals surface area contributed by atoms with E-state index in [1.165, 1.54) is 13.2 Å². The largest absolute Gasteiger partial charge is 0.481 e. The van der Waals surface area contributed by atoms with Gasteiger partial charge in [-0.1, -0.05) is 0 Å². The molecule has 1 saturated heterocycles. The van der Waals surface area contributed by atoms with Crippen LogP contribution in [0.15, 0.2) is 6.20 Å². The molecule has 1 aliphatic rings. The molecule has 0 saturated carbocycles. The van der Waals surface area contributed by atoms with Crippen molar-refractivity contribution in [3.05, 3.63) is 17.7 Å². The molecule has 7 heteroatoms. The van der Waals surface area contributed by atoms with Crippen molar-refractivity contribution < 1.29 is 19.1 Å². The fraction of sp³-hybridized carbons (Fsp3) is 0.444. The van der Waals surface area contributed by atoms with E-state index in [0.29, 0.717) is 0 Å². The highest BCUT2D eigenvalue weighted by Gasteiger charge is 2.43. The van der Waals surface area contributed by atoms with Crippen LogP contribution in [0.1, 0.15) is 11.5 Å². The molecule has 6 nitrogen and oxygen atoms in total. The molecular formula is C9H10FN3O3. The molecule has 2 N–H and O–H groups in total. The Labute approximate surface area is 90.1 Å². The Bertz CT molecular complexity index is 457. The van der Waals surface area contributed by atoms with Crippen molar-refractivity contribution in [3.63, 3.8) is 0 Å². The molecule has 1 amide bonds. The SMILES string of the molecule is Cn1ncc([C@H]2CNC(=O)[C@@H]2C(=O)O)c1F. The smallest absolute Gasteiger partial charge is 0.316 e. The third-order valence-corrected chi connectivity index (χ3v) is 2.74. The van der Waals surface area contributed by atoms with Crippen LogP contribution in [0.5, 0.6) is 0 Å². The highest BCUT2D eigenvalue weighted by atomic mass is 19.1. The third kappa shape index (κ3) is 1.44. The van der Waals surface area contributed by atoms with Crippen molar-refractivity contribution in [1.82, 2.24) is 15.1 Å². The van der Waals surface area contributed by atoms with Crippen LogP contribution in [0.4, 0.5) is 4.39 Å². The first-order valence-electron chi connectivity index (χ1n) is 4.70. The first-order chi connectivity index (χ1) is 7.52. The van der Waals surface area contributed by atoms with Gasteiger partial charge in [0.05, 0.1) is 6.20 Å². The van der Waals surface area contributed by atoms with Crippen LogP contribution in [-0.4, -0.2) is 33.3 Å². The van der Waals surface area contributed by atoms with Crippen LogP contribution in [0.2, 0.25) is 0 Å². The topological polar surface area (TPSA) is 84.2 Å². The number of nitrogens with zero attached hydrogens (tertiary/aromatic N) is 2. The molecule has 1 aromatic heterocycles. The lowest BCUT2D eigenvalue weighted by atomic mass is 9.90. The average Bonchev–Trinajstić information content (AvgIpc) is 2.72. The molecular weight excluding hydrogens is 217 g/mol. The molecule has 86 valence electrons. The van der Waals surface area contributed by atoms with Gasteiger partial charge < -0.3 is 10.4 Å². The van der Waals surface area contributed by atoms with E-state index in [-0.39, 0.29) is 12.1 Å². The minimum Gasteiger partial charge on any atom is -0.481 e. The lowest BCUT2D eigenvalue weighted by Crippen LogP contribution is -2.26. The molecule has 0 aliphatic carbocycles. The second-order valence-electron chi connectivity index (χ2n) is 3.68. The third-order valence-electron chi connectivity index (χ3n) is 2.74. The molecule has 0 bridgehead atoms. The second-order valence-corrected chi connectivity index (χ2v) is 3.68. The van der Waals surface area contributed by atoms with Gasteiger partial charge in [-0.25, -0.2) is 4.68 Å². The van der Waals surface area contributed by atoms with E-state index >= 15 is 0 Å². The maximum Gasteiger partial charge on any atom is 0.316 e. The highest BCUT2D eigenvalue weighted by Crippen LogP contribution is 2.30. The fourth-order valence-corrected chi connectivity index (χ4v) is 1.88. The molecule has 0 radical (unpaired) electrons. The summed E-state index contributed by atoms with van der Waals surface area (Å²) < 4.78 is 14.6. The van der Waals surface area contributed by atoms with Gasteiger partial charge in [-0.05, 0) is 0 Å². The Kier molecular flexibility index (Phi) is 2.37. The molecule has 1 fully saturated rings. The summed E-state index contributed by atoms with van der Waals surface area (Å²) in [4.78, 5) is 22.2. The van der Waals surface area contributed by atoms with E-state index in [1.807, 2.05) is 0 Å². The van der Waals surface area contributed by atoms with Gasteiger partial charge in [-0.3, -0.25) is 9.59 Å². The lowest BCUT2D eigenvalue weighted by molar-refractivity contribution is -0.145. The summed E-state index contributed by atoms with van der Waals surface area (Å²) in [5, 5.41) is 15.0. The quantitative estimate of drug-likeness (QED) is 0.665. The first kappa shape index (κ1) is 10.6. The molecule has 1 aromatic rings. The number of aromatic nitrogens is 2. The van der Waals surface area contributed by atoms with Crippen molar-refractivity contribution in [2.75, 3.05) is 6.54 Å². The Hall–Kier alpha value is -1.92. The van der Waals surface area contributed by atoms with Crippen molar-refractivity contribution >= 4 is 11.9 Å². The summed E-state index contributed by atoms with van der Waals surface area (Å²) in [6.07, 6.45) is 1.26. The molecule has 1 aliphatic heterocycles. The fourth-order valence-electron chi connectivity index (χ4n) is 1.88. The normalized spacial score (nSPS) is 24.5. The second kappa shape index (κ2) is 3.58. The molecule has 2 heterocycles. The zero-order valence-electron chi connectivity index (χ0n) is 8.48. The average molecular weight is 227 g/mol. The minimum atomic E-state index is -1.25. The number of aryl methyl sites for hydroxylation is 1. The Balaban J connectivity index is 2.37. The zero-order chi connectivity index (χ0) is 11.9. The number of nitrogens with one attached hydrogen (secondary N) is 1. The summed E-state index contributed by atoms with van der Waals surface area (Å²) >= 11 is 0. The summed E-state index contributed by atoms with van der Waals surface area (Å²) in [6.45, 7) is 0.123. The van der Waals surface area contributed by atoms with Crippen LogP contribution in [0.25, 0.3) is 0 Å². The number of halogens is 1. The number of hydrogen-bond acceptors (Lipinski definition) is 3. The predicted molar refractivity (Wildman–Crippen MR) is 50.0 cm³/mol. The van der Waals surface area contributed by atoms with Crippen molar-refractivity contribution in [2.45, 2.75) is 5.92 Å². The van der Waals surface area contributed by atoms with E-state index in [4.69, 9.17) is 5.11 Å². The highest BCUT2D eigenvalue weighted by molar-refractivity contribution is 5.99. The monoisotopic (exact) mass is 227 g/mol. The lowest BCUT2D eigenvalue weighted by Gasteiger charge is -2.10. The predicted octanol–water partition coefficient (Wildman–Crippen LogP) is -0.527. The van der Waals surface area contributed by atoms with Gasteiger partial charge in [-0.2, -0.15) is 9.49 Å². The van der Waals surface area contributed by atoms with Crippen LogP contribution < -0.4 is 5.32 Å². The van der Waals surface area contributed by atoms with E-state index in [9.17, 15) is 14.0 Å². The number of carbonyl (C=O) groups excluding carboxylic acids is 1. The van der Waals surface area contributed by atoms with Gasteiger partial charge in [0.25, 0.3) is 0 Å². The van der Waals surface area contributed by atoms with E-state index in [0.717, 1.165) is 4.68 Å². The van der Waals surface area contributed by atoms with Crippen LogP contribution in [0.3, 0.4) is 0 Å². The number of carboxylic acids is 1. The Morgan fingerprint density at radius 1 is 1.75 bits per heavy atom. The van der Waals surface area contributed by atoms with E-state index in [2.05, 4.69) is 10.4 Å². The van der Waals surface area contributed by atoms with Crippen LogP contribution >= 0.6 is 0 Å². The van der Waals surface area contributed by atoms with Crippen molar-refractivity contribution in [3.8, 4) is 0 Å². The van der Waals surface area contributed by atoms with Gasteiger partial charge in [0.1, 0.15) is 5.92 Å². The number of aliphatic carboxylic acids is 1. The number of rotatable bonds is 2. The van der Waals surface area contributed by atoms with E-state index in [1.54, 1.807) is 0 Å². The molecule has 16 heavy (non-hydrogen) atoms. The molecule has 2 atom stereocenters. The molecule has 0 aromatic carbocycles. The number of carbonyl (C=O) groups is 2. The zero-order valence-corrected chi connectivity index (χ0v) is 8.48. The molecule has 0 spiro atoms. The van der Waals surface area contributed by atoms with Gasteiger partial charge in [0.2, 0.25) is 11.9 Å². The van der Waals surface area contributed by atoms with Gasteiger partial charge in [0.15, 0.2) is 0 Å². The van der Waals surface area contributed by atoms with Crippen LogP contribution in [0, 0.1) is 11.9 Å². The Morgan fingerprint density at radius 3 is 2.94 bits per heavy atom. The van der Waals surface area contributed by atoms with Crippen LogP contribution in [-0.2, 0) is 16.6 Å². The van der Waals surface area contributed by atoms with Gasteiger partial charge >= 0.3 is 5.97 Å². The molecule has 2 rings (SSSR count). The van der Waals surface area contributed by atoms with Gasteiger partial charge in [0, 0.05) is 25.1 Å². The summed E-state index contributed by atoms with van der Waals surface area (Å²) in [5.41, 5.74) is 0.160. The van der Waals surface area contributed by atoms with Crippen molar-refractivity contribution in [2.24, 2.45) is 13.0 Å². The number of carboxylic acid groups (broad SMARTS) is 1. The number of amides is 1. The van der Waals surface area contributed by atoms with Gasteiger partial charge in [-0.15, -0.1) is 0 Å². The van der Waals surface area contributed by atoms with Crippen molar-refractivity contribution in [1.29, 1.82) is 0 Å². The maximum atomic E-state index is 13.5. The number of hydrogen-bond donors (Lipinski definition) is 2. The molecule has 0 unspecified atom stereocenters. The summed E-state index contributed by atoms with van der Waals surface area (Å²) in [6, 6.07) is 0. The maximum absolute atomic E-state index is 13.5. The minimum absolute atomic E-state index is 0.123. The summed E-state index contributed by atoms with van der Waals surface area (Å²) in [5.74, 6) is -4.37. The standard InChI is InChI=1S/C9H10FN3O3/c1-13-7(10)5(3-12-13)4-2-11-8(14)6(4)9(15)16/h3-4,6H,2H2,1H3,(H,11,14)(H,15,16)/t4-,6-/m1/s1. The first-order valence-corrected chi connectivity index (χ1v) is 4.70. The Morgan fingerprint density at radius 2 is 2.44 bits per heavy atom.